The lowest BCUT2D eigenvalue weighted by molar-refractivity contribution is 0.115. The molecule has 2 rings (SSSR count). The molecule has 1 aliphatic rings. The van der Waals surface area contributed by atoms with Crippen LogP contribution in [0.4, 0.5) is 11.5 Å². The lowest BCUT2D eigenvalue weighted by Gasteiger charge is -2.34. The maximum Gasteiger partial charge on any atom is 0.128 e. The molecule has 0 amide bonds. The molecule has 0 spiro atoms. The van der Waals surface area contributed by atoms with Gasteiger partial charge in [0, 0.05) is 19.0 Å². The highest BCUT2D eigenvalue weighted by Gasteiger charge is 2.23. The third-order valence-electron chi connectivity index (χ3n) is 3.23. The molecule has 0 bridgehead atoms. The third-order valence-corrected chi connectivity index (χ3v) is 3.23. The maximum atomic E-state index is 9.62. The number of anilines is 2. The molecule has 0 radical (unpaired) electrons. The number of aromatic nitrogens is 1. The van der Waals surface area contributed by atoms with Gasteiger partial charge in [-0.25, -0.2) is 4.98 Å². The predicted molar refractivity (Wildman–Crippen MR) is 65.3 cm³/mol. The smallest absolute Gasteiger partial charge is 0.128 e. The van der Waals surface area contributed by atoms with Gasteiger partial charge in [-0.1, -0.05) is 0 Å². The Balaban J connectivity index is 2.06. The first kappa shape index (κ1) is 11.2. The van der Waals surface area contributed by atoms with E-state index < -0.39 is 0 Å². The summed E-state index contributed by atoms with van der Waals surface area (Å²) in [5.74, 6) is 1.31. The summed E-state index contributed by atoms with van der Waals surface area (Å²) >= 11 is 0. The molecule has 0 aliphatic carbocycles. The predicted octanol–water partition coefficient (Wildman–Crippen LogP) is 1.26. The van der Waals surface area contributed by atoms with Crippen molar-refractivity contribution in [3.05, 3.63) is 18.3 Å². The van der Waals surface area contributed by atoms with Crippen molar-refractivity contribution in [2.24, 2.45) is 5.92 Å². The van der Waals surface area contributed by atoms with Crippen LogP contribution in [0.2, 0.25) is 0 Å². The first-order valence-corrected chi connectivity index (χ1v) is 5.81. The molecule has 1 aromatic heterocycles. The van der Waals surface area contributed by atoms with E-state index in [0.29, 0.717) is 11.6 Å². The second kappa shape index (κ2) is 4.70. The van der Waals surface area contributed by atoms with Crippen molar-refractivity contribution in [2.45, 2.75) is 25.9 Å². The topological polar surface area (TPSA) is 62.4 Å². The fourth-order valence-electron chi connectivity index (χ4n) is 2.20. The molecule has 0 aromatic carbocycles. The van der Waals surface area contributed by atoms with Gasteiger partial charge in [-0.2, -0.15) is 0 Å². The molecule has 88 valence electrons. The molecule has 1 fully saturated rings. The highest BCUT2D eigenvalue weighted by Crippen LogP contribution is 2.23. The molecule has 4 nitrogen and oxygen atoms in total. The highest BCUT2D eigenvalue weighted by atomic mass is 16.3. The Morgan fingerprint density at radius 3 is 3.00 bits per heavy atom. The summed E-state index contributed by atoms with van der Waals surface area (Å²) in [4.78, 5) is 6.54. The van der Waals surface area contributed by atoms with E-state index in [4.69, 9.17) is 5.73 Å². The van der Waals surface area contributed by atoms with E-state index in [9.17, 15) is 5.11 Å². The van der Waals surface area contributed by atoms with Crippen LogP contribution in [0.15, 0.2) is 18.3 Å². The Morgan fingerprint density at radius 2 is 2.38 bits per heavy atom. The molecular weight excluding hydrogens is 202 g/mol. The molecule has 4 heteroatoms. The number of piperidine rings is 1. The monoisotopic (exact) mass is 221 g/mol. The number of hydrogen-bond donors (Lipinski definition) is 2. The van der Waals surface area contributed by atoms with Gasteiger partial charge in [-0.15, -0.1) is 0 Å². The molecule has 16 heavy (non-hydrogen) atoms. The van der Waals surface area contributed by atoms with Gasteiger partial charge in [0.25, 0.3) is 0 Å². The normalized spacial score (nSPS) is 23.1. The van der Waals surface area contributed by atoms with Crippen LogP contribution in [0.25, 0.3) is 0 Å². The number of hydrogen-bond acceptors (Lipinski definition) is 4. The molecule has 1 aromatic rings. The zero-order valence-electron chi connectivity index (χ0n) is 9.63. The van der Waals surface area contributed by atoms with Crippen molar-refractivity contribution in [1.82, 2.24) is 4.98 Å². The average Bonchev–Trinajstić information content (AvgIpc) is 2.30. The lowest BCUT2D eigenvalue weighted by atomic mass is 9.93. The van der Waals surface area contributed by atoms with Crippen LogP contribution in [0, 0.1) is 5.92 Å². The molecule has 1 saturated heterocycles. The second-order valence-corrected chi connectivity index (χ2v) is 4.54. The Kier molecular flexibility index (Phi) is 3.29. The Morgan fingerprint density at radius 1 is 1.56 bits per heavy atom. The van der Waals surface area contributed by atoms with Gasteiger partial charge in [-0.05, 0) is 31.9 Å². The van der Waals surface area contributed by atoms with Crippen LogP contribution in [-0.2, 0) is 0 Å². The van der Waals surface area contributed by atoms with E-state index >= 15 is 0 Å². The number of nitrogens with zero attached hydrogens (tertiary/aromatic N) is 2. The van der Waals surface area contributed by atoms with E-state index in [1.54, 1.807) is 6.20 Å². The number of aliphatic hydroxyl groups is 1. The minimum Gasteiger partial charge on any atom is -0.397 e. The van der Waals surface area contributed by atoms with Crippen LogP contribution >= 0.6 is 0 Å². The van der Waals surface area contributed by atoms with Crippen molar-refractivity contribution >= 4 is 11.5 Å². The standard InChI is InChI=1S/C12H19N3O/c1-9(16)10-3-2-6-15(8-10)12-5-4-11(13)7-14-12/h4-5,7,9-10,16H,2-3,6,8,13H2,1H3/t9-,10+/m0/s1. The zero-order chi connectivity index (χ0) is 11.5. The summed E-state index contributed by atoms with van der Waals surface area (Å²) in [6.45, 7) is 3.76. The molecule has 2 atom stereocenters. The number of rotatable bonds is 2. The molecule has 3 N–H and O–H groups in total. The van der Waals surface area contributed by atoms with Crippen molar-refractivity contribution in [2.75, 3.05) is 23.7 Å². The molecular formula is C12H19N3O. The van der Waals surface area contributed by atoms with Crippen LogP contribution in [0.3, 0.4) is 0 Å². The fraction of sp³-hybridized carbons (Fsp3) is 0.583. The van der Waals surface area contributed by atoms with Crippen LogP contribution in [-0.4, -0.2) is 29.3 Å². The van der Waals surface area contributed by atoms with Gasteiger partial charge in [0.05, 0.1) is 18.0 Å². The molecule has 0 saturated carbocycles. The van der Waals surface area contributed by atoms with E-state index in [2.05, 4.69) is 9.88 Å². The fourth-order valence-corrected chi connectivity index (χ4v) is 2.20. The number of nitrogens with two attached hydrogens (primary N) is 1. The lowest BCUT2D eigenvalue weighted by Crippen LogP contribution is -2.39. The van der Waals surface area contributed by atoms with Crippen LogP contribution in [0.1, 0.15) is 19.8 Å². The van der Waals surface area contributed by atoms with E-state index in [-0.39, 0.29) is 6.10 Å². The number of nitrogen functional groups attached to an aromatic ring is 1. The van der Waals surface area contributed by atoms with Gasteiger partial charge < -0.3 is 15.7 Å². The van der Waals surface area contributed by atoms with E-state index in [0.717, 1.165) is 31.7 Å². The van der Waals surface area contributed by atoms with Crippen molar-refractivity contribution in [3.63, 3.8) is 0 Å². The third kappa shape index (κ3) is 2.44. The molecule has 0 unspecified atom stereocenters. The number of aliphatic hydroxyl groups excluding tert-OH is 1. The summed E-state index contributed by atoms with van der Waals surface area (Å²) in [7, 11) is 0. The van der Waals surface area contributed by atoms with Crippen molar-refractivity contribution in [3.8, 4) is 0 Å². The number of pyridine rings is 1. The summed E-state index contributed by atoms with van der Waals surface area (Å²) in [6, 6.07) is 3.81. The van der Waals surface area contributed by atoms with Crippen molar-refractivity contribution in [1.29, 1.82) is 0 Å². The Labute approximate surface area is 96.1 Å². The maximum absolute atomic E-state index is 9.62. The summed E-state index contributed by atoms with van der Waals surface area (Å²) in [6.07, 6.45) is 3.66. The van der Waals surface area contributed by atoms with Crippen LogP contribution in [0.5, 0.6) is 0 Å². The second-order valence-electron chi connectivity index (χ2n) is 4.54. The quantitative estimate of drug-likeness (QED) is 0.789. The SMILES string of the molecule is C[C@H](O)[C@@H]1CCCN(c2ccc(N)cn2)C1. The van der Waals surface area contributed by atoms with Gasteiger partial charge in [0.15, 0.2) is 0 Å². The van der Waals surface area contributed by atoms with Gasteiger partial charge in [0.2, 0.25) is 0 Å². The first-order valence-electron chi connectivity index (χ1n) is 5.81. The minimum atomic E-state index is -0.239. The molecule has 2 heterocycles. The zero-order valence-corrected chi connectivity index (χ0v) is 9.63. The van der Waals surface area contributed by atoms with Gasteiger partial charge in [-0.3, -0.25) is 0 Å². The summed E-state index contributed by atoms with van der Waals surface area (Å²) in [5, 5.41) is 9.62. The van der Waals surface area contributed by atoms with Crippen molar-refractivity contribution < 1.29 is 5.11 Å². The van der Waals surface area contributed by atoms with E-state index in [1.165, 1.54) is 0 Å². The van der Waals surface area contributed by atoms with Gasteiger partial charge in [0.1, 0.15) is 5.82 Å². The largest absolute Gasteiger partial charge is 0.397 e. The Bertz CT molecular complexity index is 337. The minimum absolute atomic E-state index is 0.239. The highest BCUT2D eigenvalue weighted by molar-refractivity contribution is 5.46. The molecule has 1 aliphatic heterocycles. The van der Waals surface area contributed by atoms with E-state index in [1.807, 2.05) is 19.1 Å². The summed E-state index contributed by atoms with van der Waals surface area (Å²) < 4.78 is 0. The summed E-state index contributed by atoms with van der Waals surface area (Å²) in [5.41, 5.74) is 6.30. The Hall–Kier alpha value is -1.29. The van der Waals surface area contributed by atoms with Gasteiger partial charge >= 0.3 is 0 Å². The first-order chi connectivity index (χ1) is 7.66. The van der Waals surface area contributed by atoms with Crippen LogP contribution < -0.4 is 10.6 Å². The average molecular weight is 221 g/mol.